The van der Waals surface area contributed by atoms with E-state index in [-0.39, 0.29) is 12.1 Å². The van der Waals surface area contributed by atoms with Crippen LogP contribution >= 0.6 is 15.9 Å². The van der Waals surface area contributed by atoms with Crippen molar-refractivity contribution in [3.63, 3.8) is 0 Å². The summed E-state index contributed by atoms with van der Waals surface area (Å²) in [6.45, 7) is 5.26. The molecule has 0 heterocycles. The van der Waals surface area contributed by atoms with Crippen LogP contribution in [0.25, 0.3) is 0 Å². The Kier molecular flexibility index (Phi) is 6.75. The monoisotopic (exact) mass is 314 g/mol. The number of benzene rings is 1. The molecule has 0 aliphatic carbocycles. The second-order valence-electron chi connectivity index (χ2n) is 4.16. The third-order valence-electron chi connectivity index (χ3n) is 2.16. The molecule has 1 rings (SSSR count). The maximum atomic E-state index is 11.5. The van der Waals surface area contributed by atoms with Gasteiger partial charge in [0.2, 0.25) is 0 Å². The zero-order valence-corrected chi connectivity index (χ0v) is 12.3. The molecule has 18 heavy (non-hydrogen) atoms. The van der Waals surface area contributed by atoms with Gasteiger partial charge in [-0.2, -0.15) is 0 Å². The first-order valence-electron chi connectivity index (χ1n) is 6.00. The molecule has 0 atom stereocenters. The molecular formula is C13H19BrN2O2. The summed E-state index contributed by atoms with van der Waals surface area (Å²) in [5.41, 5.74) is 0.772. The van der Waals surface area contributed by atoms with Gasteiger partial charge in [-0.15, -0.1) is 0 Å². The van der Waals surface area contributed by atoms with Gasteiger partial charge in [0.05, 0.1) is 6.10 Å². The number of anilines is 1. The number of carbonyl (C=O) groups excluding carboxylic acids is 1. The van der Waals surface area contributed by atoms with E-state index in [0.29, 0.717) is 13.2 Å². The highest BCUT2D eigenvalue weighted by Gasteiger charge is 2.00. The molecule has 1 aromatic rings. The van der Waals surface area contributed by atoms with Crippen molar-refractivity contribution in [1.29, 1.82) is 0 Å². The molecule has 2 amide bonds. The van der Waals surface area contributed by atoms with Crippen molar-refractivity contribution >= 4 is 27.6 Å². The average Bonchev–Trinajstić information content (AvgIpc) is 2.31. The molecule has 0 spiro atoms. The SMILES string of the molecule is CC(C)OCCCNC(=O)Nc1ccc(Br)cc1. The van der Waals surface area contributed by atoms with E-state index in [4.69, 9.17) is 4.74 Å². The second-order valence-corrected chi connectivity index (χ2v) is 5.08. The van der Waals surface area contributed by atoms with Crippen LogP contribution in [0.4, 0.5) is 10.5 Å². The van der Waals surface area contributed by atoms with Gasteiger partial charge in [-0.25, -0.2) is 4.79 Å². The fourth-order valence-corrected chi connectivity index (χ4v) is 1.57. The summed E-state index contributed by atoms with van der Waals surface area (Å²) in [5, 5.41) is 5.53. The number of halogens is 1. The summed E-state index contributed by atoms with van der Waals surface area (Å²) in [6, 6.07) is 7.25. The molecule has 0 saturated heterocycles. The first-order chi connectivity index (χ1) is 8.58. The zero-order valence-electron chi connectivity index (χ0n) is 10.7. The van der Waals surface area contributed by atoms with Crippen molar-refractivity contribution in [1.82, 2.24) is 5.32 Å². The molecule has 0 aliphatic rings. The summed E-state index contributed by atoms with van der Waals surface area (Å²) in [7, 11) is 0. The largest absolute Gasteiger partial charge is 0.379 e. The molecule has 0 fully saturated rings. The lowest BCUT2D eigenvalue weighted by molar-refractivity contribution is 0.0775. The summed E-state index contributed by atoms with van der Waals surface area (Å²) in [5.74, 6) is 0. The topological polar surface area (TPSA) is 50.4 Å². The first kappa shape index (κ1) is 15.0. The molecular weight excluding hydrogens is 296 g/mol. The predicted molar refractivity (Wildman–Crippen MR) is 76.9 cm³/mol. The fourth-order valence-electron chi connectivity index (χ4n) is 1.30. The lowest BCUT2D eigenvalue weighted by Crippen LogP contribution is -2.30. The van der Waals surface area contributed by atoms with Crippen LogP contribution in [-0.4, -0.2) is 25.3 Å². The average molecular weight is 315 g/mol. The van der Waals surface area contributed by atoms with E-state index in [9.17, 15) is 4.79 Å². The van der Waals surface area contributed by atoms with E-state index in [0.717, 1.165) is 16.6 Å². The number of urea groups is 1. The molecule has 0 saturated carbocycles. The van der Waals surface area contributed by atoms with E-state index >= 15 is 0 Å². The number of ether oxygens (including phenoxy) is 1. The van der Waals surface area contributed by atoms with Crippen LogP contribution in [-0.2, 0) is 4.74 Å². The van der Waals surface area contributed by atoms with Crippen LogP contribution in [0.2, 0.25) is 0 Å². The molecule has 100 valence electrons. The Morgan fingerprint density at radius 2 is 2.00 bits per heavy atom. The first-order valence-corrected chi connectivity index (χ1v) is 6.79. The van der Waals surface area contributed by atoms with Crippen LogP contribution in [0.1, 0.15) is 20.3 Å². The minimum Gasteiger partial charge on any atom is -0.379 e. The van der Waals surface area contributed by atoms with Gasteiger partial charge in [-0.1, -0.05) is 15.9 Å². The van der Waals surface area contributed by atoms with Crippen molar-refractivity contribution in [2.24, 2.45) is 0 Å². The van der Waals surface area contributed by atoms with Gasteiger partial charge in [0.15, 0.2) is 0 Å². The predicted octanol–water partition coefficient (Wildman–Crippen LogP) is 3.39. The number of rotatable bonds is 6. The maximum absolute atomic E-state index is 11.5. The maximum Gasteiger partial charge on any atom is 0.319 e. The van der Waals surface area contributed by atoms with E-state index in [2.05, 4.69) is 26.6 Å². The molecule has 5 heteroatoms. The molecule has 0 radical (unpaired) electrons. The van der Waals surface area contributed by atoms with Crippen LogP contribution in [0.5, 0.6) is 0 Å². The van der Waals surface area contributed by atoms with Crippen LogP contribution in [0, 0.1) is 0 Å². The summed E-state index contributed by atoms with van der Waals surface area (Å²) in [6.07, 6.45) is 1.05. The number of hydrogen-bond donors (Lipinski definition) is 2. The Bertz CT molecular complexity index is 366. The smallest absolute Gasteiger partial charge is 0.319 e. The standard InChI is InChI=1S/C13H19BrN2O2/c1-10(2)18-9-3-8-15-13(17)16-12-6-4-11(14)5-7-12/h4-7,10H,3,8-9H2,1-2H3,(H2,15,16,17). The summed E-state index contributed by atoms with van der Waals surface area (Å²) in [4.78, 5) is 11.5. The minimum atomic E-state index is -0.193. The van der Waals surface area contributed by atoms with E-state index < -0.39 is 0 Å². The quantitative estimate of drug-likeness (QED) is 0.791. The number of amides is 2. The van der Waals surface area contributed by atoms with Crippen LogP contribution in [0.15, 0.2) is 28.7 Å². The lowest BCUT2D eigenvalue weighted by atomic mass is 10.3. The Morgan fingerprint density at radius 3 is 2.61 bits per heavy atom. The van der Waals surface area contributed by atoms with Crippen LogP contribution in [0.3, 0.4) is 0 Å². The minimum absolute atomic E-state index is 0.193. The third-order valence-corrected chi connectivity index (χ3v) is 2.69. The number of carbonyl (C=O) groups is 1. The Hall–Kier alpha value is -1.07. The van der Waals surface area contributed by atoms with Crippen LogP contribution < -0.4 is 10.6 Å². The molecule has 0 bridgehead atoms. The summed E-state index contributed by atoms with van der Waals surface area (Å²) >= 11 is 3.34. The molecule has 1 aromatic carbocycles. The fraction of sp³-hybridized carbons (Fsp3) is 0.462. The van der Waals surface area contributed by atoms with E-state index in [1.165, 1.54) is 0 Å². The van der Waals surface area contributed by atoms with Gasteiger partial charge in [-0.05, 0) is 44.5 Å². The van der Waals surface area contributed by atoms with Gasteiger partial charge < -0.3 is 15.4 Å². The van der Waals surface area contributed by atoms with Gasteiger partial charge in [0.25, 0.3) is 0 Å². The lowest BCUT2D eigenvalue weighted by Gasteiger charge is -2.09. The van der Waals surface area contributed by atoms with E-state index in [1.807, 2.05) is 38.1 Å². The Morgan fingerprint density at radius 1 is 1.33 bits per heavy atom. The van der Waals surface area contributed by atoms with Crippen molar-refractivity contribution in [2.75, 3.05) is 18.5 Å². The van der Waals surface area contributed by atoms with E-state index in [1.54, 1.807) is 0 Å². The molecule has 0 aliphatic heterocycles. The van der Waals surface area contributed by atoms with Crippen molar-refractivity contribution < 1.29 is 9.53 Å². The Balaban J connectivity index is 2.16. The van der Waals surface area contributed by atoms with Crippen molar-refractivity contribution in [3.05, 3.63) is 28.7 Å². The van der Waals surface area contributed by atoms with Gasteiger partial charge >= 0.3 is 6.03 Å². The third kappa shape index (κ3) is 6.61. The highest BCUT2D eigenvalue weighted by molar-refractivity contribution is 9.10. The number of nitrogens with one attached hydrogen (secondary N) is 2. The molecule has 4 nitrogen and oxygen atoms in total. The summed E-state index contributed by atoms with van der Waals surface area (Å²) < 4.78 is 6.36. The van der Waals surface area contributed by atoms with Gasteiger partial charge in [-0.3, -0.25) is 0 Å². The van der Waals surface area contributed by atoms with Gasteiger partial charge in [0, 0.05) is 23.3 Å². The highest BCUT2D eigenvalue weighted by Crippen LogP contribution is 2.13. The van der Waals surface area contributed by atoms with Gasteiger partial charge in [0.1, 0.15) is 0 Å². The Labute approximate surface area is 116 Å². The zero-order chi connectivity index (χ0) is 13.4. The highest BCUT2D eigenvalue weighted by atomic mass is 79.9. The molecule has 0 aromatic heterocycles. The second kappa shape index (κ2) is 8.11. The van der Waals surface area contributed by atoms with Crippen molar-refractivity contribution in [3.8, 4) is 0 Å². The molecule has 2 N–H and O–H groups in total. The number of hydrogen-bond acceptors (Lipinski definition) is 2. The van der Waals surface area contributed by atoms with Crippen molar-refractivity contribution in [2.45, 2.75) is 26.4 Å². The normalized spacial score (nSPS) is 10.4. The molecule has 0 unspecified atom stereocenters.